The molecule has 1 heterocycles. The number of fused-ring (bicyclic) bond motifs is 3. The van der Waals surface area contributed by atoms with Crippen molar-refractivity contribution in [1.29, 1.82) is 0 Å². The summed E-state index contributed by atoms with van der Waals surface area (Å²) in [6, 6.07) is 22.0. The van der Waals surface area contributed by atoms with Crippen molar-refractivity contribution in [3.05, 3.63) is 72.3 Å². The van der Waals surface area contributed by atoms with Crippen molar-refractivity contribution in [2.24, 2.45) is 16.7 Å². The highest BCUT2D eigenvalue weighted by Gasteiger charge is 2.12. The third-order valence-electron chi connectivity index (χ3n) is 4.01. The third-order valence-corrected chi connectivity index (χ3v) is 4.01. The van der Waals surface area contributed by atoms with E-state index in [1.807, 2.05) is 54.6 Å². The van der Waals surface area contributed by atoms with Gasteiger partial charge in [-0.1, -0.05) is 48.5 Å². The number of rotatable bonds is 2. The van der Waals surface area contributed by atoms with Crippen LogP contribution >= 0.6 is 0 Å². The van der Waals surface area contributed by atoms with Crippen LogP contribution in [-0.2, 0) is 0 Å². The Bertz CT molecular complexity index is 1050. The predicted molar refractivity (Wildman–Crippen MR) is 94.1 cm³/mol. The Hall–Kier alpha value is -3.27. The van der Waals surface area contributed by atoms with Gasteiger partial charge < -0.3 is 16.0 Å². The maximum Gasteiger partial charge on any atom is 0.150 e. The molecule has 0 saturated heterocycles. The standard InChI is InChI=1S/C19H15N3O/c20-19(22-21)13-6-3-5-12(11-13)14-8-4-10-17-18(14)15-7-1-2-9-16(15)23-17/h1-11H,21H2,(H2,20,22). The third kappa shape index (κ3) is 2.12. The first kappa shape index (κ1) is 13.4. The molecule has 3 aromatic carbocycles. The lowest BCUT2D eigenvalue weighted by Crippen LogP contribution is -2.15. The maximum absolute atomic E-state index is 5.95. The Morgan fingerprint density at radius 2 is 1.65 bits per heavy atom. The zero-order chi connectivity index (χ0) is 15.8. The van der Waals surface area contributed by atoms with Crippen LogP contribution in [0, 0.1) is 0 Å². The van der Waals surface area contributed by atoms with Crippen LogP contribution in [0.4, 0.5) is 0 Å². The highest BCUT2D eigenvalue weighted by molar-refractivity contribution is 6.12. The second-order valence-corrected chi connectivity index (χ2v) is 5.37. The van der Waals surface area contributed by atoms with E-state index in [1.54, 1.807) is 0 Å². The van der Waals surface area contributed by atoms with Crippen LogP contribution in [0.25, 0.3) is 33.1 Å². The van der Waals surface area contributed by atoms with Gasteiger partial charge in [-0.05, 0) is 29.3 Å². The normalized spacial score (nSPS) is 12.1. The van der Waals surface area contributed by atoms with Gasteiger partial charge in [0.1, 0.15) is 17.0 Å². The Morgan fingerprint density at radius 1 is 0.870 bits per heavy atom. The maximum atomic E-state index is 5.95. The molecule has 4 heteroatoms. The molecule has 112 valence electrons. The lowest BCUT2D eigenvalue weighted by Gasteiger charge is -2.06. The summed E-state index contributed by atoms with van der Waals surface area (Å²) in [5.41, 5.74) is 10.5. The average Bonchev–Trinajstić information content (AvgIpc) is 2.99. The van der Waals surface area contributed by atoms with Crippen molar-refractivity contribution in [3.8, 4) is 11.1 Å². The highest BCUT2D eigenvalue weighted by Crippen LogP contribution is 2.36. The first-order chi connectivity index (χ1) is 11.3. The van der Waals surface area contributed by atoms with Crippen LogP contribution in [0.15, 0.2) is 76.2 Å². The number of furan rings is 1. The smallest absolute Gasteiger partial charge is 0.150 e. The van der Waals surface area contributed by atoms with E-state index in [0.29, 0.717) is 5.84 Å². The lowest BCUT2D eigenvalue weighted by atomic mass is 9.98. The van der Waals surface area contributed by atoms with Crippen molar-refractivity contribution in [2.45, 2.75) is 0 Å². The highest BCUT2D eigenvalue weighted by atomic mass is 16.3. The molecule has 4 aromatic rings. The first-order valence-corrected chi connectivity index (χ1v) is 7.32. The van der Waals surface area contributed by atoms with Crippen LogP contribution in [0.3, 0.4) is 0 Å². The van der Waals surface area contributed by atoms with Gasteiger partial charge in [0.25, 0.3) is 0 Å². The molecule has 0 atom stereocenters. The Kier molecular flexibility index (Phi) is 3.01. The quantitative estimate of drug-likeness (QED) is 0.256. The number of nitrogens with two attached hydrogens (primary N) is 2. The number of hydrogen-bond donors (Lipinski definition) is 2. The fraction of sp³-hybridized carbons (Fsp3) is 0. The monoisotopic (exact) mass is 301 g/mol. The van der Waals surface area contributed by atoms with Gasteiger partial charge in [0.15, 0.2) is 0 Å². The van der Waals surface area contributed by atoms with Crippen LogP contribution in [-0.4, -0.2) is 5.84 Å². The molecule has 0 radical (unpaired) electrons. The van der Waals surface area contributed by atoms with E-state index in [1.165, 1.54) is 0 Å². The van der Waals surface area contributed by atoms with Gasteiger partial charge in [0.2, 0.25) is 0 Å². The minimum Gasteiger partial charge on any atom is -0.456 e. The average molecular weight is 301 g/mol. The summed E-state index contributed by atoms with van der Waals surface area (Å²) in [6.07, 6.45) is 0. The number of nitrogens with zero attached hydrogens (tertiary/aromatic N) is 1. The van der Waals surface area contributed by atoms with Crippen LogP contribution in [0.5, 0.6) is 0 Å². The van der Waals surface area contributed by atoms with Gasteiger partial charge in [-0.25, -0.2) is 0 Å². The van der Waals surface area contributed by atoms with E-state index in [-0.39, 0.29) is 0 Å². The first-order valence-electron chi connectivity index (χ1n) is 7.32. The van der Waals surface area contributed by atoms with Gasteiger partial charge in [0.05, 0.1) is 0 Å². The summed E-state index contributed by atoms with van der Waals surface area (Å²) in [5.74, 6) is 5.61. The van der Waals surface area contributed by atoms with Crippen molar-refractivity contribution >= 4 is 27.8 Å². The van der Waals surface area contributed by atoms with Crippen molar-refractivity contribution in [3.63, 3.8) is 0 Å². The number of benzene rings is 3. The number of amidine groups is 1. The molecule has 0 fully saturated rings. The molecule has 0 unspecified atom stereocenters. The summed E-state index contributed by atoms with van der Waals surface area (Å²) in [5, 5.41) is 5.77. The van der Waals surface area contributed by atoms with Gasteiger partial charge in [-0.3, -0.25) is 0 Å². The van der Waals surface area contributed by atoms with E-state index >= 15 is 0 Å². The Morgan fingerprint density at radius 3 is 2.52 bits per heavy atom. The zero-order valence-electron chi connectivity index (χ0n) is 12.4. The van der Waals surface area contributed by atoms with E-state index in [4.69, 9.17) is 16.0 Å². The van der Waals surface area contributed by atoms with Crippen molar-refractivity contribution < 1.29 is 4.42 Å². The fourth-order valence-electron chi connectivity index (χ4n) is 2.94. The summed E-state index contributed by atoms with van der Waals surface area (Å²) in [7, 11) is 0. The Balaban J connectivity index is 2.03. The predicted octanol–water partition coefficient (Wildman–Crippen LogP) is 3.83. The number of hydrogen-bond acceptors (Lipinski definition) is 3. The van der Waals surface area contributed by atoms with Crippen molar-refractivity contribution in [2.75, 3.05) is 0 Å². The molecule has 0 amide bonds. The van der Waals surface area contributed by atoms with Crippen LogP contribution in [0.2, 0.25) is 0 Å². The van der Waals surface area contributed by atoms with Gasteiger partial charge in [-0.2, -0.15) is 5.10 Å². The molecule has 0 bridgehead atoms. The summed E-state index contributed by atoms with van der Waals surface area (Å²) < 4.78 is 5.95. The lowest BCUT2D eigenvalue weighted by molar-refractivity contribution is 0.669. The van der Waals surface area contributed by atoms with Gasteiger partial charge >= 0.3 is 0 Å². The van der Waals surface area contributed by atoms with Gasteiger partial charge in [0, 0.05) is 16.3 Å². The second kappa shape index (κ2) is 5.18. The molecule has 0 aliphatic heterocycles. The molecule has 1 aromatic heterocycles. The minimum absolute atomic E-state index is 0.316. The van der Waals surface area contributed by atoms with E-state index < -0.39 is 0 Å². The van der Waals surface area contributed by atoms with Crippen LogP contribution < -0.4 is 11.6 Å². The minimum atomic E-state index is 0.316. The van der Waals surface area contributed by atoms with E-state index in [9.17, 15) is 0 Å². The number of hydrazone groups is 1. The molecular weight excluding hydrogens is 286 g/mol. The van der Waals surface area contributed by atoms with Crippen LogP contribution in [0.1, 0.15) is 5.56 Å². The molecular formula is C19H15N3O. The molecule has 23 heavy (non-hydrogen) atoms. The molecule has 0 aliphatic rings. The fourth-order valence-corrected chi connectivity index (χ4v) is 2.94. The number of para-hydroxylation sites is 1. The largest absolute Gasteiger partial charge is 0.456 e. The molecule has 0 aliphatic carbocycles. The summed E-state index contributed by atoms with van der Waals surface area (Å²) in [4.78, 5) is 0. The molecule has 4 rings (SSSR count). The topological polar surface area (TPSA) is 77.5 Å². The van der Waals surface area contributed by atoms with E-state index in [2.05, 4.69) is 17.2 Å². The Labute approximate surface area is 133 Å². The zero-order valence-corrected chi connectivity index (χ0v) is 12.4. The molecule has 4 N–H and O–H groups in total. The molecule has 4 nitrogen and oxygen atoms in total. The molecule has 0 spiro atoms. The van der Waals surface area contributed by atoms with Crippen molar-refractivity contribution in [1.82, 2.24) is 0 Å². The second-order valence-electron chi connectivity index (χ2n) is 5.37. The van der Waals surface area contributed by atoms with E-state index in [0.717, 1.165) is 38.6 Å². The summed E-state index contributed by atoms with van der Waals surface area (Å²) >= 11 is 0. The summed E-state index contributed by atoms with van der Waals surface area (Å²) in [6.45, 7) is 0. The molecule has 0 saturated carbocycles. The SMILES string of the molecule is N/N=C(\N)c1cccc(-c2cccc3oc4ccccc4c23)c1. The van der Waals surface area contributed by atoms with Gasteiger partial charge in [-0.15, -0.1) is 0 Å².